The number of halogens is 1. The zero-order valence-electron chi connectivity index (χ0n) is 9.45. The molecule has 92 valence electrons. The third-order valence-corrected chi connectivity index (χ3v) is 2.40. The Labute approximate surface area is 103 Å². The first-order valence-corrected chi connectivity index (χ1v) is 5.32. The third-order valence-electron chi connectivity index (χ3n) is 2.40. The van der Waals surface area contributed by atoms with E-state index in [1.54, 1.807) is 29.2 Å². The summed E-state index contributed by atoms with van der Waals surface area (Å²) >= 11 is 0. The lowest BCUT2D eigenvalue weighted by Gasteiger charge is -2.06. The van der Waals surface area contributed by atoms with Gasteiger partial charge in [-0.05, 0) is 35.4 Å². The van der Waals surface area contributed by atoms with Gasteiger partial charge in [-0.2, -0.15) is 5.10 Å². The summed E-state index contributed by atoms with van der Waals surface area (Å²) in [6.45, 7) is 0.465. The van der Waals surface area contributed by atoms with Crippen LogP contribution < -0.4 is 0 Å². The summed E-state index contributed by atoms with van der Waals surface area (Å²) < 4.78 is 14.8. The maximum absolute atomic E-state index is 13.1. The number of hydrogen-bond donors (Lipinski definition) is 1. The van der Waals surface area contributed by atoms with Gasteiger partial charge in [0.05, 0.1) is 6.54 Å². The molecule has 0 saturated heterocycles. The van der Waals surface area contributed by atoms with Crippen LogP contribution in [-0.2, 0) is 11.3 Å². The third kappa shape index (κ3) is 3.04. The summed E-state index contributed by atoms with van der Waals surface area (Å²) in [5.41, 5.74) is 1.34. The summed E-state index contributed by atoms with van der Waals surface area (Å²) in [5, 5.41) is 12.6. The number of hydrogen-bond acceptors (Lipinski definition) is 2. The van der Waals surface area contributed by atoms with Crippen molar-refractivity contribution in [3.05, 3.63) is 59.7 Å². The van der Waals surface area contributed by atoms with Crippen molar-refractivity contribution < 1.29 is 14.3 Å². The number of benzene rings is 1. The van der Waals surface area contributed by atoms with Crippen molar-refractivity contribution in [1.82, 2.24) is 9.78 Å². The van der Waals surface area contributed by atoms with Gasteiger partial charge in [0.2, 0.25) is 0 Å². The molecule has 0 fully saturated rings. The number of carboxylic acid groups (broad SMARTS) is 1. The summed E-state index contributed by atoms with van der Waals surface area (Å²) in [6, 6.07) is 6.06. The molecule has 0 aliphatic carbocycles. The Morgan fingerprint density at radius 2 is 2.33 bits per heavy atom. The predicted octanol–water partition coefficient (Wildman–Crippen LogP) is 2.17. The highest BCUT2D eigenvalue weighted by Crippen LogP contribution is 2.14. The van der Waals surface area contributed by atoms with E-state index in [9.17, 15) is 9.18 Å². The van der Waals surface area contributed by atoms with E-state index >= 15 is 0 Å². The fourth-order valence-corrected chi connectivity index (χ4v) is 1.59. The number of carboxylic acids is 1. The number of nitrogens with zero attached hydrogens (tertiary/aromatic N) is 2. The molecule has 0 aliphatic heterocycles. The minimum atomic E-state index is -1.07. The van der Waals surface area contributed by atoms with Crippen molar-refractivity contribution in [1.29, 1.82) is 0 Å². The molecule has 0 amide bonds. The molecule has 0 unspecified atom stereocenters. The number of aromatic nitrogens is 2. The van der Waals surface area contributed by atoms with E-state index in [1.807, 2.05) is 0 Å². The minimum absolute atomic E-state index is 0.399. The topological polar surface area (TPSA) is 55.1 Å². The molecule has 4 nitrogen and oxygen atoms in total. The average Bonchev–Trinajstić information content (AvgIpc) is 2.82. The van der Waals surface area contributed by atoms with Crippen molar-refractivity contribution >= 4 is 12.0 Å². The molecule has 1 N–H and O–H groups in total. The SMILES string of the molecule is O=C(O)C=Cc1cc(F)ccc1Cn1cccn1. The van der Waals surface area contributed by atoms with Gasteiger partial charge in [0.15, 0.2) is 0 Å². The zero-order valence-corrected chi connectivity index (χ0v) is 9.45. The molecule has 5 heteroatoms. The standard InChI is InChI=1S/C13H11FN2O2/c14-12-4-2-11(9-16-7-1-6-15-16)10(8-12)3-5-13(17)18/h1-8H,9H2,(H,17,18). The van der Waals surface area contributed by atoms with Crippen molar-refractivity contribution in [2.75, 3.05) is 0 Å². The molecule has 0 aliphatic rings. The normalized spacial score (nSPS) is 10.9. The first-order chi connectivity index (χ1) is 8.65. The van der Waals surface area contributed by atoms with Crippen LogP contribution in [0.15, 0.2) is 42.7 Å². The Kier molecular flexibility index (Phi) is 3.52. The van der Waals surface area contributed by atoms with Crippen LogP contribution in [0, 0.1) is 5.82 Å². The van der Waals surface area contributed by atoms with Crippen molar-refractivity contribution in [2.45, 2.75) is 6.54 Å². The van der Waals surface area contributed by atoms with E-state index in [2.05, 4.69) is 5.10 Å². The molecule has 2 rings (SSSR count). The monoisotopic (exact) mass is 246 g/mol. The van der Waals surface area contributed by atoms with Crippen LogP contribution >= 0.6 is 0 Å². The lowest BCUT2D eigenvalue weighted by atomic mass is 10.1. The van der Waals surface area contributed by atoms with Gasteiger partial charge in [-0.25, -0.2) is 9.18 Å². The molecule has 0 bridgehead atoms. The smallest absolute Gasteiger partial charge is 0.328 e. The predicted molar refractivity (Wildman–Crippen MR) is 64.4 cm³/mol. The second-order valence-electron chi connectivity index (χ2n) is 3.72. The molecule has 1 aromatic heterocycles. The quantitative estimate of drug-likeness (QED) is 0.841. The maximum Gasteiger partial charge on any atom is 0.328 e. The highest BCUT2D eigenvalue weighted by molar-refractivity contribution is 5.85. The van der Waals surface area contributed by atoms with Gasteiger partial charge in [0.1, 0.15) is 5.82 Å². The van der Waals surface area contributed by atoms with Crippen LogP contribution in [0.5, 0.6) is 0 Å². The van der Waals surface area contributed by atoms with Crippen LogP contribution in [0.25, 0.3) is 6.08 Å². The van der Waals surface area contributed by atoms with Crippen LogP contribution in [0.2, 0.25) is 0 Å². The van der Waals surface area contributed by atoms with Crippen molar-refractivity contribution in [3.8, 4) is 0 Å². The Morgan fingerprint density at radius 3 is 3.00 bits per heavy atom. The van der Waals surface area contributed by atoms with Crippen LogP contribution in [0.4, 0.5) is 4.39 Å². The molecular weight excluding hydrogens is 235 g/mol. The molecule has 0 radical (unpaired) electrons. The molecule has 0 atom stereocenters. The minimum Gasteiger partial charge on any atom is -0.478 e. The second-order valence-corrected chi connectivity index (χ2v) is 3.72. The van der Waals surface area contributed by atoms with Gasteiger partial charge >= 0.3 is 5.97 Å². The lowest BCUT2D eigenvalue weighted by Crippen LogP contribution is -2.02. The fraction of sp³-hybridized carbons (Fsp3) is 0.0769. The van der Waals surface area contributed by atoms with Gasteiger partial charge < -0.3 is 5.11 Å². The van der Waals surface area contributed by atoms with E-state index in [0.29, 0.717) is 12.1 Å². The van der Waals surface area contributed by atoms with Gasteiger partial charge in [0, 0.05) is 18.5 Å². The Hall–Kier alpha value is -2.43. The van der Waals surface area contributed by atoms with Crippen molar-refractivity contribution in [3.63, 3.8) is 0 Å². The Bertz CT molecular complexity index is 577. The highest BCUT2D eigenvalue weighted by atomic mass is 19.1. The van der Waals surface area contributed by atoms with Gasteiger partial charge in [-0.15, -0.1) is 0 Å². The molecule has 2 aromatic rings. The number of rotatable bonds is 4. The summed E-state index contributed by atoms with van der Waals surface area (Å²) in [5.74, 6) is -1.46. The molecule has 0 saturated carbocycles. The lowest BCUT2D eigenvalue weighted by molar-refractivity contribution is -0.131. The Morgan fingerprint density at radius 1 is 1.50 bits per heavy atom. The molecule has 18 heavy (non-hydrogen) atoms. The highest BCUT2D eigenvalue weighted by Gasteiger charge is 2.03. The zero-order chi connectivity index (χ0) is 13.0. The molecule has 0 spiro atoms. The van der Waals surface area contributed by atoms with E-state index < -0.39 is 11.8 Å². The van der Waals surface area contributed by atoms with Crippen LogP contribution in [0.3, 0.4) is 0 Å². The number of aliphatic carboxylic acids is 1. The number of carbonyl (C=O) groups is 1. The van der Waals surface area contributed by atoms with Crippen molar-refractivity contribution in [2.24, 2.45) is 0 Å². The van der Waals surface area contributed by atoms with E-state index in [4.69, 9.17) is 5.11 Å². The summed E-state index contributed by atoms with van der Waals surface area (Å²) in [6.07, 6.45) is 5.80. The largest absolute Gasteiger partial charge is 0.478 e. The molecule has 1 aromatic carbocycles. The molecule has 1 heterocycles. The molecular formula is C13H11FN2O2. The average molecular weight is 246 g/mol. The first kappa shape index (κ1) is 12.0. The van der Waals surface area contributed by atoms with Gasteiger partial charge in [-0.1, -0.05) is 6.07 Å². The Balaban J connectivity index is 2.31. The van der Waals surface area contributed by atoms with Gasteiger partial charge in [0.25, 0.3) is 0 Å². The van der Waals surface area contributed by atoms with Crippen LogP contribution in [0.1, 0.15) is 11.1 Å². The van der Waals surface area contributed by atoms with E-state index in [-0.39, 0.29) is 0 Å². The summed E-state index contributed by atoms with van der Waals surface area (Å²) in [7, 11) is 0. The second kappa shape index (κ2) is 5.27. The van der Waals surface area contributed by atoms with E-state index in [1.165, 1.54) is 18.2 Å². The fourth-order valence-electron chi connectivity index (χ4n) is 1.59. The van der Waals surface area contributed by atoms with Crippen LogP contribution in [-0.4, -0.2) is 20.9 Å². The van der Waals surface area contributed by atoms with Gasteiger partial charge in [-0.3, -0.25) is 4.68 Å². The van der Waals surface area contributed by atoms with E-state index in [0.717, 1.165) is 11.6 Å². The first-order valence-electron chi connectivity index (χ1n) is 5.32. The maximum atomic E-state index is 13.1. The summed E-state index contributed by atoms with van der Waals surface area (Å²) in [4.78, 5) is 10.5.